The second-order valence-electron chi connectivity index (χ2n) is 3.72. The van der Waals surface area contributed by atoms with Gasteiger partial charge in [0.2, 0.25) is 5.96 Å². The Balaban J connectivity index is 2.78. The molecule has 19 heavy (non-hydrogen) atoms. The number of nitrogens with one attached hydrogen (secondary N) is 1. The molecule has 0 radical (unpaired) electrons. The zero-order chi connectivity index (χ0) is 14.3. The summed E-state index contributed by atoms with van der Waals surface area (Å²) in [6, 6.07) is 5.14. The molecule has 1 aromatic carbocycles. The topological polar surface area (TPSA) is 74.7 Å². The molecule has 0 spiro atoms. The van der Waals surface area contributed by atoms with Crippen LogP contribution in [0, 0.1) is 5.41 Å². The molecule has 0 aromatic heterocycles. The minimum Gasteiger partial charge on any atom is -0.367 e. The highest BCUT2D eigenvalue weighted by Crippen LogP contribution is 2.22. The van der Waals surface area contributed by atoms with Gasteiger partial charge in [0, 0.05) is 5.56 Å². The number of rotatable bonds is 6. The van der Waals surface area contributed by atoms with Crippen molar-refractivity contribution in [2.45, 2.75) is 19.8 Å². The summed E-state index contributed by atoms with van der Waals surface area (Å²) in [5, 5.41) is 13.2. The van der Waals surface area contributed by atoms with Crippen molar-refractivity contribution in [3.8, 4) is 0 Å². The predicted octanol–water partition coefficient (Wildman–Crippen LogP) is 3.25. The Morgan fingerprint density at radius 1 is 1.47 bits per heavy atom. The molecular weight excluding hydrogens is 287 g/mol. The Bertz CT molecular complexity index is 445. The van der Waals surface area contributed by atoms with E-state index in [0.29, 0.717) is 22.2 Å². The Morgan fingerprint density at radius 2 is 2.11 bits per heavy atom. The van der Waals surface area contributed by atoms with E-state index in [0.717, 1.165) is 18.0 Å². The van der Waals surface area contributed by atoms with E-state index in [1.165, 1.54) is 6.21 Å². The van der Waals surface area contributed by atoms with E-state index in [9.17, 15) is 0 Å². The van der Waals surface area contributed by atoms with E-state index < -0.39 is 0 Å². The van der Waals surface area contributed by atoms with Gasteiger partial charge in [-0.15, -0.1) is 5.17 Å². The van der Waals surface area contributed by atoms with Crippen molar-refractivity contribution in [3.05, 3.63) is 33.8 Å². The van der Waals surface area contributed by atoms with Gasteiger partial charge in [-0.25, -0.2) is 4.84 Å². The zero-order valence-electron chi connectivity index (χ0n) is 10.6. The number of guanidine groups is 1. The number of hydrazone groups is 1. The lowest BCUT2D eigenvalue weighted by Gasteiger charge is -2.15. The molecule has 0 unspecified atom stereocenters. The summed E-state index contributed by atoms with van der Waals surface area (Å²) < 4.78 is 0. The summed E-state index contributed by atoms with van der Waals surface area (Å²) in [5.74, 6) is -0.310. The summed E-state index contributed by atoms with van der Waals surface area (Å²) in [5.41, 5.74) is 5.92. The summed E-state index contributed by atoms with van der Waals surface area (Å²) in [6.07, 6.45) is 3.25. The Kier molecular flexibility index (Phi) is 6.62. The van der Waals surface area contributed by atoms with Crippen molar-refractivity contribution >= 4 is 35.4 Å². The van der Waals surface area contributed by atoms with Gasteiger partial charge in [-0.05, 0) is 18.6 Å². The molecule has 5 nitrogen and oxygen atoms in total. The Hall–Kier alpha value is -1.30. The van der Waals surface area contributed by atoms with Gasteiger partial charge in [-0.1, -0.05) is 42.6 Å². The normalized spacial score (nSPS) is 10.9. The quantitative estimate of drug-likeness (QED) is 0.366. The fourth-order valence-corrected chi connectivity index (χ4v) is 1.70. The van der Waals surface area contributed by atoms with Gasteiger partial charge in [-0.2, -0.15) is 5.10 Å². The number of nitrogens with two attached hydrogens (primary N) is 1. The molecule has 7 heteroatoms. The maximum absolute atomic E-state index is 7.36. The molecule has 0 fully saturated rings. The first-order valence-corrected chi connectivity index (χ1v) is 6.57. The minimum absolute atomic E-state index is 0.310. The van der Waals surface area contributed by atoms with Crippen LogP contribution in [0.2, 0.25) is 10.0 Å². The van der Waals surface area contributed by atoms with Crippen LogP contribution in [0.4, 0.5) is 0 Å². The van der Waals surface area contributed by atoms with E-state index in [1.54, 1.807) is 18.2 Å². The van der Waals surface area contributed by atoms with Crippen molar-refractivity contribution in [2.75, 3.05) is 6.61 Å². The van der Waals surface area contributed by atoms with Crippen LogP contribution in [0.5, 0.6) is 0 Å². The van der Waals surface area contributed by atoms with Crippen molar-refractivity contribution in [3.63, 3.8) is 0 Å². The first-order valence-electron chi connectivity index (χ1n) is 5.81. The van der Waals surface area contributed by atoms with Crippen molar-refractivity contribution < 1.29 is 4.84 Å². The number of hydroxylamine groups is 1. The van der Waals surface area contributed by atoms with E-state index in [2.05, 4.69) is 5.10 Å². The highest BCUT2D eigenvalue weighted by Gasteiger charge is 2.07. The molecule has 0 saturated heterocycles. The van der Waals surface area contributed by atoms with Crippen LogP contribution in [0.1, 0.15) is 25.3 Å². The third-order valence-corrected chi connectivity index (χ3v) is 2.87. The summed E-state index contributed by atoms with van der Waals surface area (Å²) in [6.45, 7) is 2.47. The molecule has 0 atom stereocenters. The molecule has 0 aliphatic carbocycles. The SMILES string of the molecule is CCCCON(/N=C/c1c(Cl)cccc1Cl)C(=N)N. The van der Waals surface area contributed by atoms with Crippen LogP contribution in [0.3, 0.4) is 0 Å². The number of benzene rings is 1. The van der Waals surface area contributed by atoms with Crippen molar-refractivity contribution in [1.29, 1.82) is 5.41 Å². The van der Waals surface area contributed by atoms with Gasteiger partial charge >= 0.3 is 0 Å². The van der Waals surface area contributed by atoms with Crippen LogP contribution in [-0.2, 0) is 4.84 Å². The van der Waals surface area contributed by atoms with Gasteiger partial charge in [0.15, 0.2) is 0 Å². The number of hydrogen-bond donors (Lipinski definition) is 2. The lowest BCUT2D eigenvalue weighted by atomic mass is 10.2. The minimum atomic E-state index is -0.310. The third kappa shape index (κ3) is 5.06. The van der Waals surface area contributed by atoms with Gasteiger partial charge in [-0.3, -0.25) is 5.41 Å². The van der Waals surface area contributed by atoms with Crippen LogP contribution in [0.15, 0.2) is 23.3 Å². The number of unbranched alkanes of at least 4 members (excludes halogenated alkanes) is 1. The monoisotopic (exact) mass is 302 g/mol. The van der Waals surface area contributed by atoms with E-state index in [-0.39, 0.29) is 5.96 Å². The van der Waals surface area contributed by atoms with Gasteiger partial charge < -0.3 is 5.73 Å². The summed E-state index contributed by atoms with van der Waals surface area (Å²) >= 11 is 12.0. The molecule has 0 aliphatic heterocycles. The van der Waals surface area contributed by atoms with Crippen LogP contribution < -0.4 is 5.73 Å². The highest BCUT2D eigenvalue weighted by atomic mass is 35.5. The zero-order valence-corrected chi connectivity index (χ0v) is 12.1. The molecule has 1 aromatic rings. The van der Waals surface area contributed by atoms with E-state index in [4.69, 9.17) is 39.2 Å². The smallest absolute Gasteiger partial charge is 0.236 e. The third-order valence-electron chi connectivity index (χ3n) is 2.21. The first kappa shape index (κ1) is 15.8. The van der Waals surface area contributed by atoms with Gasteiger partial charge in [0.05, 0.1) is 22.9 Å². The fourth-order valence-electron chi connectivity index (χ4n) is 1.20. The van der Waals surface area contributed by atoms with Crippen molar-refractivity contribution in [2.24, 2.45) is 10.8 Å². The fraction of sp³-hybridized carbons (Fsp3) is 0.333. The van der Waals surface area contributed by atoms with Crippen molar-refractivity contribution in [1.82, 2.24) is 5.17 Å². The second-order valence-corrected chi connectivity index (χ2v) is 4.54. The highest BCUT2D eigenvalue weighted by molar-refractivity contribution is 6.38. The summed E-state index contributed by atoms with van der Waals surface area (Å²) in [7, 11) is 0. The Morgan fingerprint density at radius 3 is 2.63 bits per heavy atom. The number of halogens is 2. The maximum atomic E-state index is 7.36. The lowest BCUT2D eigenvalue weighted by molar-refractivity contribution is -0.101. The lowest BCUT2D eigenvalue weighted by Crippen LogP contribution is -2.32. The second kappa shape index (κ2) is 7.99. The van der Waals surface area contributed by atoms with Crippen LogP contribution in [0.25, 0.3) is 0 Å². The largest absolute Gasteiger partial charge is 0.367 e. The number of hydrogen-bond acceptors (Lipinski definition) is 3. The van der Waals surface area contributed by atoms with Gasteiger partial charge in [0.25, 0.3) is 0 Å². The molecule has 0 bridgehead atoms. The standard InChI is InChI=1S/C12H16Cl2N4O/c1-2-3-7-19-18(12(15)16)17-8-9-10(13)5-4-6-11(9)14/h4-6,8H,2-3,7H2,1H3,(H3,15,16)/b17-8+. The molecule has 3 N–H and O–H groups in total. The number of nitrogens with zero attached hydrogens (tertiary/aromatic N) is 2. The molecule has 1 rings (SSSR count). The predicted molar refractivity (Wildman–Crippen MR) is 78.7 cm³/mol. The average molecular weight is 303 g/mol. The average Bonchev–Trinajstić information content (AvgIpc) is 2.35. The van der Waals surface area contributed by atoms with Crippen LogP contribution in [-0.4, -0.2) is 24.0 Å². The Labute approximate surface area is 122 Å². The van der Waals surface area contributed by atoms with Gasteiger partial charge in [0.1, 0.15) is 0 Å². The van der Waals surface area contributed by atoms with Crippen LogP contribution >= 0.6 is 23.2 Å². The van der Waals surface area contributed by atoms with E-state index in [1.807, 2.05) is 6.92 Å². The first-order chi connectivity index (χ1) is 9.06. The molecular formula is C12H16Cl2N4O. The molecule has 0 heterocycles. The molecule has 0 aliphatic rings. The molecule has 104 valence electrons. The summed E-state index contributed by atoms with van der Waals surface area (Å²) in [4.78, 5) is 5.25. The van der Waals surface area contributed by atoms with E-state index >= 15 is 0 Å². The molecule has 0 saturated carbocycles. The molecule has 0 amide bonds. The maximum Gasteiger partial charge on any atom is 0.236 e.